The van der Waals surface area contributed by atoms with Gasteiger partial charge in [0.2, 0.25) is 5.91 Å². The maximum Gasteiger partial charge on any atom is 0.237 e. The molecule has 1 saturated heterocycles. The molecule has 4 aliphatic carbocycles. The number of nitrogens with two attached hydrogens (primary N) is 2. The van der Waals surface area contributed by atoms with Crippen LogP contribution in [-0.4, -0.2) is 52.2 Å². The number of halogens is 1. The van der Waals surface area contributed by atoms with Gasteiger partial charge in [-0.1, -0.05) is 28.8 Å². The van der Waals surface area contributed by atoms with E-state index in [1.54, 1.807) is 0 Å². The van der Waals surface area contributed by atoms with E-state index < -0.39 is 0 Å². The average Bonchev–Trinajstić information content (AvgIpc) is 3.19. The third-order valence-corrected chi connectivity index (χ3v) is 11.5. The largest absolute Gasteiger partial charge is 0.387 e. The van der Waals surface area contributed by atoms with Crippen LogP contribution in [0.2, 0.25) is 0 Å². The maximum atomic E-state index is 13.7. The lowest BCUT2D eigenvalue weighted by molar-refractivity contribution is -0.127. The van der Waals surface area contributed by atoms with Gasteiger partial charge in [0.25, 0.3) is 0 Å². The van der Waals surface area contributed by atoms with Crippen LogP contribution in [-0.2, 0) is 4.79 Å². The summed E-state index contributed by atoms with van der Waals surface area (Å²) in [5.41, 5.74) is 12.1. The predicted octanol–water partition coefficient (Wildman–Crippen LogP) is 4.15. The van der Waals surface area contributed by atoms with Crippen LogP contribution in [0.3, 0.4) is 0 Å². The third-order valence-electron chi connectivity index (χ3n) is 10.4. The minimum Gasteiger partial charge on any atom is -0.387 e. The van der Waals surface area contributed by atoms with E-state index in [0.717, 1.165) is 69.7 Å². The van der Waals surface area contributed by atoms with Crippen LogP contribution in [0.15, 0.2) is 0 Å². The highest BCUT2D eigenvalue weighted by atomic mass is 79.9. The molecule has 6 N–H and O–H groups in total. The molecular weight excluding hydrogens is 490 g/mol. The van der Waals surface area contributed by atoms with Crippen LogP contribution in [0.4, 0.5) is 0 Å². The Morgan fingerprint density at radius 1 is 0.941 bits per heavy atom. The number of hydrogen-bond donors (Lipinski definition) is 4. The summed E-state index contributed by atoms with van der Waals surface area (Å²) in [7, 11) is 0. The third kappa shape index (κ3) is 5.22. The van der Waals surface area contributed by atoms with Gasteiger partial charge in [-0.15, -0.1) is 0 Å². The Hall–Kier alpha value is -0.660. The summed E-state index contributed by atoms with van der Waals surface area (Å²) in [6.45, 7) is 1.06. The Morgan fingerprint density at radius 2 is 1.68 bits per heavy atom. The Morgan fingerprint density at radius 3 is 2.44 bits per heavy atom. The van der Waals surface area contributed by atoms with Gasteiger partial charge in [0.1, 0.15) is 0 Å². The number of rotatable bonds is 5. The van der Waals surface area contributed by atoms with Crippen molar-refractivity contribution in [3.05, 3.63) is 0 Å². The lowest BCUT2D eigenvalue weighted by Crippen LogP contribution is -2.53. The number of nitrogens with one attached hydrogen (secondary N) is 2. The Bertz CT molecular complexity index is 741. The van der Waals surface area contributed by atoms with Gasteiger partial charge in [-0.3, -0.25) is 15.1 Å². The molecule has 6 nitrogen and oxygen atoms in total. The molecule has 8 atom stereocenters. The molecule has 8 unspecified atom stereocenters. The number of amides is 1. The quantitative estimate of drug-likeness (QED) is 0.241. The van der Waals surface area contributed by atoms with E-state index in [1.165, 1.54) is 38.5 Å². The fraction of sp³-hybridized carbons (Fsp3) is 0.926. The first-order valence-electron chi connectivity index (χ1n) is 14.2. The number of fused-ring (bicyclic) bond motifs is 2. The fourth-order valence-corrected chi connectivity index (χ4v) is 9.44. The zero-order valence-corrected chi connectivity index (χ0v) is 22.4. The predicted molar refractivity (Wildman–Crippen MR) is 141 cm³/mol. The molecule has 0 spiro atoms. The molecule has 1 heterocycles. The average molecular weight is 537 g/mol. The number of carbonyl (C=O) groups is 1. The molecule has 5 aliphatic rings. The van der Waals surface area contributed by atoms with Gasteiger partial charge in [-0.05, 0) is 101 Å². The molecule has 0 radical (unpaired) electrons. The van der Waals surface area contributed by atoms with Gasteiger partial charge < -0.3 is 16.8 Å². The molecule has 1 amide bonds. The van der Waals surface area contributed by atoms with Crippen molar-refractivity contribution in [3.63, 3.8) is 0 Å². The van der Waals surface area contributed by atoms with Crippen molar-refractivity contribution in [2.45, 2.75) is 119 Å². The second-order valence-electron chi connectivity index (χ2n) is 12.3. The highest BCUT2D eigenvalue weighted by molar-refractivity contribution is 9.09. The first-order chi connectivity index (χ1) is 16.4. The summed E-state index contributed by atoms with van der Waals surface area (Å²) >= 11 is 4.02. The van der Waals surface area contributed by atoms with Gasteiger partial charge in [0, 0.05) is 35.4 Å². The van der Waals surface area contributed by atoms with E-state index in [2.05, 4.69) is 26.1 Å². The molecule has 34 heavy (non-hydrogen) atoms. The molecule has 5 rings (SSSR count). The van der Waals surface area contributed by atoms with Gasteiger partial charge in [-0.25, -0.2) is 0 Å². The van der Waals surface area contributed by atoms with Crippen molar-refractivity contribution in [1.29, 1.82) is 5.41 Å². The van der Waals surface area contributed by atoms with Crippen LogP contribution >= 0.6 is 15.9 Å². The van der Waals surface area contributed by atoms with Crippen molar-refractivity contribution < 1.29 is 4.79 Å². The number of carbonyl (C=O) groups excluding carboxylic acids is 1. The zero-order valence-electron chi connectivity index (χ0n) is 20.8. The lowest BCUT2D eigenvalue weighted by Gasteiger charge is -2.47. The SMILES string of the molecule is N=C(N)C1CCC2CC(C(=O)NC3CCC(N)CC3)N(CC3CCCC4C(Br)CCCC34)C2C1. The van der Waals surface area contributed by atoms with Crippen LogP contribution < -0.4 is 16.8 Å². The first kappa shape index (κ1) is 25.0. The molecule has 7 heteroatoms. The summed E-state index contributed by atoms with van der Waals surface area (Å²) < 4.78 is 0. The number of likely N-dealkylation sites (tertiary alicyclic amines) is 1. The highest BCUT2D eigenvalue weighted by Crippen LogP contribution is 2.49. The normalized spacial score (nSPS) is 45.2. The number of nitrogens with zero attached hydrogens (tertiary/aromatic N) is 1. The van der Waals surface area contributed by atoms with E-state index in [1.807, 2.05) is 0 Å². The summed E-state index contributed by atoms with van der Waals surface area (Å²) in [6.07, 6.45) is 16.1. The molecule has 0 bridgehead atoms. The van der Waals surface area contributed by atoms with E-state index >= 15 is 0 Å². The van der Waals surface area contributed by atoms with Gasteiger partial charge in [0.05, 0.1) is 11.9 Å². The van der Waals surface area contributed by atoms with Gasteiger partial charge >= 0.3 is 0 Å². The second-order valence-corrected chi connectivity index (χ2v) is 13.5. The molecule has 5 fully saturated rings. The molecule has 1 aliphatic heterocycles. The molecule has 4 saturated carbocycles. The summed E-state index contributed by atoms with van der Waals surface area (Å²) in [4.78, 5) is 17.0. The summed E-state index contributed by atoms with van der Waals surface area (Å²) in [6, 6.07) is 0.978. The van der Waals surface area contributed by atoms with E-state index in [9.17, 15) is 4.79 Å². The summed E-state index contributed by atoms with van der Waals surface area (Å²) in [5.74, 6) is 3.65. The Balaban J connectivity index is 1.32. The van der Waals surface area contributed by atoms with Crippen molar-refractivity contribution in [2.24, 2.45) is 41.1 Å². The lowest BCUT2D eigenvalue weighted by atomic mass is 9.65. The van der Waals surface area contributed by atoms with Crippen LogP contribution in [0.25, 0.3) is 0 Å². The second kappa shape index (κ2) is 10.8. The molecule has 0 aromatic heterocycles. The van der Waals surface area contributed by atoms with E-state index in [0.29, 0.717) is 34.6 Å². The minimum absolute atomic E-state index is 0.0138. The molecular formula is C27H46BrN5O. The van der Waals surface area contributed by atoms with Crippen LogP contribution in [0.1, 0.15) is 89.9 Å². The number of hydrogen-bond acceptors (Lipinski definition) is 4. The standard InChI is InChI=1S/C27H46BrN5O/c28-23-6-2-4-21-18(3-1-5-22(21)23)15-33-24-14-17(26(30)31)8-7-16(24)13-25(33)27(34)32-20-11-9-19(29)10-12-20/h16-25H,1-15,29H2,(H3,30,31)(H,32,34). The Kier molecular flexibility index (Phi) is 7.91. The Labute approximate surface area is 214 Å². The van der Waals surface area contributed by atoms with Crippen molar-refractivity contribution in [3.8, 4) is 0 Å². The van der Waals surface area contributed by atoms with Gasteiger partial charge in [0.15, 0.2) is 0 Å². The highest BCUT2D eigenvalue weighted by Gasteiger charge is 2.49. The monoisotopic (exact) mass is 535 g/mol. The smallest absolute Gasteiger partial charge is 0.237 e. The van der Waals surface area contributed by atoms with Crippen molar-refractivity contribution >= 4 is 27.7 Å². The fourth-order valence-electron chi connectivity index (χ4n) is 8.46. The molecule has 0 aromatic rings. The minimum atomic E-state index is -0.0138. The van der Waals surface area contributed by atoms with E-state index in [-0.39, 0.29) is 23.9 Å². The van der Waals surface area contributed by atoms with Crippen molar-refractivity contribution in [1.82, 2.24) is 10.2 Å². The van der Waals surface area contributed by atoms with Crippen LogP contribution in [0.5, 0.6) is 0 Å². The number of amidine groups is 1. The molecule has 192 valence electrons. The van der Waals surface area contributed by atoms with Crippen molar-refractivity contribution in [2.75, 3.05) is 6.54 Å². The summed E-state index contributed by atoms with van der Waals surface area (Å²) in [5, 5.41) is 11.5. The zero-order chi connectivity index (χ0) is 23.8. The van der Waals surface area contributed by atoms with Crippen LogP contribution in [0, 0.1) is 35.0 Å². The van der Waals surface area contributed by atoms with E-state index in [4.69, 9.17) is 16.9 Å². The number of alkyl halides is 1. The maximum absolute atomic E-state index is 13.7. The molecule has 0 aromatic carbocycles. The topological polar surface area (TPSA) is 108 Å². The first-order valence-corrected chi connectivity index (χ1v) is 15.1. The van der Waals surface area contributed by atoms with Gasteiger partial charge in [-0.2, -0.15) is 0 Å².